The maximum absolute atomic E-state index is 12.6. The van der Waals surface area contributed by atoms with Crippen LogP contribution in [0.5, 0.6) is 0 Å². The van der Waals surface area contributed by atoms with Gasteiger partial charge in [-0.1, -0.05) is 0 Å². The van der Waals surface area contributed by atoms with Gasteiger partial charge in [-0.2, -0.15) is 0 Å². The van der Waals surface area contributed by atoms with Gasteiger partial charge in [-0.15, -0.1) is 0 Å². The monoisotopic (exact) mass is 370 g/mol. The zero-order valence-corrected chi connectivity index (χ0v) is 16.4. The van der Waals surface area contributed by atoms with Crippen LogP contribution in [0.15, 0.2) is 29.3 Å². The minimum atomic E-state index is 0.0443. The average molecular weight is 370 g/mol. The third-order valence-corrected chi connectivity index (χ3v) is 5.92. The predicted octanol–water partition coefficient (Wildman–Crippen LogP) is 2.53. The summed E-state index contributed by atoms with van der Waals surface area (Å²) in [7, 11) is 0. The number of benzene rings is 1. The lowest BCUT2D eigenvalue weighted by Gasteiger charge is -2.38. The van der Waals surface area contributed by atoms with Crippen molar-refractivity contribution >= 4 is 16.6 Å². The average Bonchev–Trinajstić information content (AvgIpc) is 2.69. The van der Waals surface area contributed by atoms with Crippen LogP contribution in [0, 0.1) is 5.92 Å². The summed E-state index contributed by atoms with van der Waals surface area (Å²) >= 11 is 0. The Balaban J connectivity index is 1.43. The molecule has 0 spiro atoms. The SMILES string of the molecule is CC(C)n1cnc2cc(N3CCN(CC4CCOCC4)CC3)ccc2c1=O. The van der Waals surface area contributed by atoms with E-state index in [9.17, 15) is 4.79 Å². The summed E-state index contributed by atoms with van der Waals surface area (Å²) < 4.78 is 7.16. The van der Waals surface area contributed by atoms with Gasteiger partial charge in [-0.3, -0.25) is 14.3 Å². The smallest absolute Gasteiger partial charge is 0.261 e. The van der Waals surface area contributed by atoms with Gasteiger partial charge in [0.2, 0.25) is 0 Å². The third kappa shape index (κ3) is 4.01. The van der Waals surface area contributed by atoms with Crippen LogP contribution in [0.4, 0.5) is 5.69 Å². The Morgan fingerprint density at radius 1 is 1.15 bits per heavy atom. The van der Waals surface area contributed by atoms with E-state index in [2.05, 4.69) is 26.9 Å². The maximum atomic E-state index is 12.6. The molecule has 27 heavy (non-hydrogen) atoms. The molecule has 6 nitrogen and oxygen atoms in total. The number of aromatic nitrogens is 2. The first-order valence-electron chi connectivity index (χ1n) is 10.2. The number of anilines is 1. The van der Waals surface area contributed by atoms with Gasteiger partial charge in [-0.05, 0) is 50.8 Å². The summed E-state index contributed by atoms with van der Waals surface area (Å²) in [6.07, 6.45) is 4.07. The Kier molecular flexibility index (Phi) is 5.45. The van der Waals surface area contributed by atoms with Gasteiger partial charge in [0.1, 0.15) is 0 Å². The van der Waals surface area contributed by atoms with Crippen molar-refractivity contribution in [2.24, 2.45) is 5.92 Å². The largest absolute Gasteiger partial charge is 0.381 e. The molecule has 2 aliphatic rings. The van der Waals surface area contributed by atoms with E-state index in [1.165, 1.54) is 25.1 Å². The molecule has 146 valence electrons. The van der Waals surface area contributed by atoms with Crippen LogP contribution in [-0.4, -0.2) is 60.4 Å². The lowest BCUT2D eigenvalue weighted by molar-refractivity contribution is 0.0517. The number of rotatable bonds is 4. The molecule has 1 aromatic heterocycles. The second-order valence-electron chi connectivity index (χ2n) is 8.10. The molecule has 1 aromatic carbocycles. The van der Waals surface area contributed by atoms with Crippen molar-refractivity contribution in [2.75, 3.05) is 50.8 Å². The fourth-order valence-corrected chi connectivity index (χ4v) is 4.17. The molecule has 0 amide bonds. The third-order valence-electron chi connectivity index (χ3n) is 5.92. The van der Waals surface area contributed by atoms with Gasteiger partial charge in [0.05, 0.1) is 17.2 Å². The first-order chi connectivity index (χ1) is 13.1. The minimum Gasteiger partial charge on any atom is -0.381 e. The number of fused-ring (bicyclic) bond motifs is 1. The molecule has 2 aliphatic heterocycles. The highest BCUT2D eigenvalue weighted by Gasteiger charge is 2.22. The highest BCUT2D eigenvalue weighted by Crippen LogP contribution is 2.22. The van der Waals surface area contributed by atoms with Crippen molar-refractivity contribution in [1.82, 2.24) is 14.5 Å². The zero-order valence-electron chi connectivity index (χ0n) is 16.4. The van der Waals surface area contributed by atoms with Crippen LogP contribution in [0.2, 0.25) is 0 Å². The van der Waals surface area contributed by atoms with Crippen molar-refractivity contribution in [3.05, 3.63) is 34.9 Å². The standard InChI is InChI=1S/C21H30N4O2/c1-16(2)25-15-22-20-13-18(3-4-19(20)21(25)26)24-9-7-23(8-10-24)14-17-5-11-27-12-6-17/h3-4,13,15-17H,5-12,14H2,1-2H3. The van der Waals surface area contributed by atoms with Gasteiger partial charge < -0.3 is 9.64 Å². The van der Waals surface area contributed by atoms with Crippen molar-refractivity contribution in [1.29, 1.82) is 0 Å². The maximum Gasteiger partial charge on any atom is 0.261 e. The predicted molar refractivity (Wildman–Crippen MR) is 109 cm³/mol. The van der Waals surface area contributed by atoms with E-state index in [0.717, 1.165) is 50.8 Å². The topological polar surface area (TPSA) is 50.6 Å². The van der Waals surface area contributed by atoms with Gasteiger partial charge in [0.25, 0.3) is 5.56 Å². The number of hydrogen-bond donors (Lipinski definition) is 0. The van der Waals surface area contributed by atoms with Crippen molar-refractivity contribution < 1.29 is 4.74 Å². The van der Waals surface area contributed by atoms with Crippen LogP contribution in [0.3, 0.4) is 0 Å². The fourth-order valence-electron chi connectivity index (χ4n) is 4.17. The van der Waals surface area contributed by atoms with E-state index in [1.807, 2.05) is 19.9 Å². The van der Waals surface area contributed by atoms with E-state index in [1.54, 1.807) is 10.9 Å². The summed E-state index contributed by atoms with van der Waals surface area (Å²) in [6.45, 7) is 11.3. The Morgan fingerprint density at radius 2 is 1.89 bits per heavy atom. The van der Waals surface area contributed by atoms with Crippen LogP contribution in [0.1, 0.15) is 32.7 Å². The Bertz CT molecular complexity index is 834. The molecule has 0 bridgehead atoms. The molecule has 6 heteroatoms. The summed E-state index contributed by atoms with van der Waals surface area (Å²) in [6, 6.07) is 6.20. The molecule has 0 aliphatic carbocycles. The molecule has 4 rings (SSSR count). The second kappa shape index (κ2) is 7.98. The molecule has 0 atom stereocenters. The van der Waals surface area contributed by atoms with E-state index >= 15 is 0 Å². The molecule has 2 fully saturated rings. The molecule has 3 heterocycles. The van der Waals surface area contributed by atoms with Crippen LogP contribution in [0.25, 0.3) is 10.9 Å². The zero-order chi connectivity index (χ0) is 18.8. The molecule has 2 aromatic rings. The number of piperazine rings is 1. The van der Waals surface area contributed by atoms with Crippen molar-refractivity contribution in [3.8, 4) is 0 Å². The first kappa shape index (κ1) is 18.4. The van der Waals surface area contributed by atoms with Gasteiger partial charge >= 0.3 is 0 Å². The van der Waals surface area contributed by atoms with E-state index < -0.39 is 0 Å². The minimum absolute atomic E-state index is 0.0443. The van der Waals surface area contributed by atoms with Crippen LogP contribution in [-0.2, 0) is 4.74 Å². The number of hydrogen-bond acceptors (Lipinski definition) is 5. The summed E-state index contributed by atoms with van der Waals surface area (Å²) in [5, 5.41) is 0.702. The number of nitrogens with zero attached hydrogens (tertiary/aromatic N) is 4. The molecule has 0 radical (unpaired) electrons. The molecule has 0 N–H and O–H groups in total. The summed E-state index contributed by atoms with van der Waals surface area (Å²) in [4.78, 5) is 22.1. The molecule has 0 saturated carbocycles. The lowest BCUT2D eigenvalue weighted by atomic mass is 9.99. The van der Waals surface area contributed by atoms with Gasteiger partial charge in [0.15, 0.2) is 0 Å². The molecule has 0 unspecified atom stereocenters. The first-order valence-corrected chi connectivity index (χ1v) is 10.2. The second-order valence-corrected chi connectivity index (χ2v) is 8.10. The lowest BCUT2D eigenvalue weighted by Crippen LogP contribution is -2.48. The summed E-state index contributed by atoms with van der Waals surface area (Å²) in [5.74, 6) is 0.790. The van der Waals surface area contributed by atoms with E-state index in [-0.39, 0.29) is 11.6 Å². The fraction of sp³-hybridized carbons (Fsp3) is 0.619. The quantitative estimate of drug-likeness (QED) is 0.828. The van der Waals surface area contributed by atoms with E-state index in [4.69, 9.17) is 4.74 Å². The Hall–Kier alpha value is -1.92. The Labute approximate surface area is 160 Å². The normalized spacial score (nSPS) is 19.9. The van der Waals surface area contributed by atoms with Crippen molar-refractivity contribution in [2.45, 2.75) is 32.7 Å². The highest BCUT2D eigenvalue weighted by molar-refractivity contribution is 5.81. The summed E-state index contributed by atoms with van der Waals surface area (Å²) in [5.41, 5.74) is 2.00. The van der Waals surface area contributed by atoms with Crippen molar-refractivity contribution in [3.63, 3.8) is 0 Å². The molecular weight excluding hydrogens is 340 g/mol. The molecular formula is C21H30N4O2. The van der Waals surface area contributed by atoms with Gasteiger partial charge in [0, 0.05) is 57.7 Å². The highest BCUT2D eigenvalue weighted by atomic mass is 16.5. The van der Waals surface area contributed by atoms with Crippen LogP contribution >= 0.6 is 0 Å². The van der Waals surface area contributed by atoms with Crippen LogP contribution < -0.4 is 10.5 Å². The van der Waals surface area contributed by atoms with E-state index in [0.29, 0.717) is 5.39 Å². The Morgan fingerprint density at radius 3 is 2.59 bits per heavy atom. The van der Waals surface area contributed by atoms with Gasteiger partial charge in [-0.25, -0.2) is 4.98 Å². The number of ether oxygens (including phenoxy) is 1. The molecule has 2 saturated heterocycles.